The molecule has 2 aromatic rings. The Labute approximate surface area is 145 Å². The summed E-state index contributed by atoms with van der Waals surface area (Å²) in [5.41, 5.74) is 3.37. The maximum Gasteiger partial charge on any atom is 0.339 e. The molecule has 0 bridgehead atoms. The number of phenolic OH excluding ortho intramolecular Hbond substituents is 1. The van der Waals surface area contributed by atoms with E-state index >= 15 is 0 Å². The lowest BCUT2D eigenvalue weighted by Gasteiger charge is -2.28. The summed E-state index contributed by atoms with van der Waals surface area (Å²) in [5.74, 6) is 1.45. The van der Waals surface area contributed by atoms with Gasteiger partial charge >= 0.3 is 5.97 Å². The van der Waals surface area contributed by atoms with Crippen LogP contribution in [0.4, 0.5) is 0 Å². The second kappa shape index (κ2) is 6.29. The number of aromatic hydroxyl groups is 1. The van der Waals surface area contributed by atoms with Crippen molar-refractivity contribution in [3.63, 3.8) is 0 Å². The van der Waals surface area contributed by atoms with Gasteiger partial charge in [-0.15, -0.1) is 8.19 Å². The Bertz CT molecular complexity index is 723. The van der Waals surface area contributed by atoms with Gasteiger partial charge in [-0.2, -0.15) is 0 Å². The van der Waals surface area contributed by atoms with Crippen LogP contribution in [0.5, 0.6) is 5.75 Å². The van der Waals surface area contributed by atoms with Crippen molar-refractivity contribution in [1.29, 1.82) is 0 Å². The summed E-state index contributed by atoms with van der Waals surface area (Å²) in [7, 11) is 0.233. The lowest BCUT2D eigenvalue weighted by Crippen LogP contribution is -2.18. The van der Waals surface area contributed by atoms with Crippen molar-refractivity contribution >= 4 is 14.2 Å². The first-order valence-electron chi connectivity index (χ1n) is 8.17. The predicted octanol–water partition coefficient (Wildman–Crippen LogP) is 5.31. The standard InChI is InChI=1S/C20H27O3P/c1-19(2,3)14-10-12(11-15(16(14)21)20(4,5)6)9-13-7-8-24-17(13)18(22)23/h7-8,10-11,21,24H,9H2,1-6H3,(H,22,23). The van der Waals surface area contributed by atoms with Gasteiger partial charge in [0, 0.05) is 0 Å². The van der Waals surface area contributed by atoms with Crippen LogP contribution in [0.25, 0.3) is 0 Å². The molecule has 1 heterocycles. The van der Waals surface area contributed by atoms with E-state index in [2.05, 4.69) is 41.5 Å². The number of carboxylic acids is 1. The minimum absolute atomic E-state index is 0.183. The van der Waals surface area contributed by atoms with Gasteiger partial charge < -0.3 is 10.2 Å². The highest BCUT2D eigenvalue weighted by Gasteiger charge is 2.26. The summed E-state index contributed by atoms with van der Waals surface area (Å²) < 4.78 is 0. The molecule has 0 aliphatic heterocycles. The van der Waals surface area contributed by atoms with Crippen molar-refractivity contribution in [2.75, 3.05) is 0 Å². The van der Waals surface area contributed by atoms with E-state index in [0.29, 0.717) is 17.5 Å². The van der Waals surface area contributed by atoms with E-state index in [9.17, 15) is 15.0 Å². The normalized spacial score (nSPS) is 12.8. The van der Waals surface area contributed by atoms with E-state index in [1.165, 1.54) is 0 Å². The number of rotatable bonds is 3. The Morgan fingerprint density at radius 2 is 1.54 bits per heavy atom. The summed E-state index contributed by atoms with van der Waals surface area (Å²) >= 11 is 0. The van der Waals surface area contributed by atoms with Gasteiger partial charge in [-0.3, -0.25) is 0 Å². The summed E-state index contributed by atoms with van der Waals surface area (Å²) in [6, 6.07) is 5.96. The van der Waals surface area contributed by atoms with Gasteiger partial charge in [-0.05, 0) is 45.3 Å². The predicted molar refractivity (Wildman–Crippen MR) is 101 cm³/mol. The molecule has 130 valence electrons. The summed E-state index contributed by atoms with van der Waals surface area (Å²) in [6.45, 7) is 12.5. The van der Waals surface area contributed by atoms with Gasteiger partial charge in [-0.1, -0.05) is 59.7 Å². The van der Waals surface area contributed by atoms with E-state index in [-0.39, 0.29) is 19.0 Å². The molecule has 0 saturated heterocycles. The van der Waals surface area contributed by atoms with Gasteiger partial charge in [0.25, 0.3) is 0 Å². The van der Waals surface area contributed by atoms with E-state index in [1.54, 1.807) is 0 Å². The lowest BCUT2D eigenvalue weighted by molar-refractivity contribution is 0.0701. The third-order valence-electron chi connectivity index (χ3n) is 4.23. The van der Waals surface area contributed by atoms with Crippen LogP contribution in [-0.2, 0) is 17.3 Å². The minimum atomic E-state index is -0.834. The first-order chi connectivity index (χ1) is 10.9. The molecular formula is C20H27O3P. The smallest absolute Gasteiger partial charge is 0.339 e. The Hall–Kier alpha value is -1.73. The van der Waals surface area contributed by atoms with Gasteiger partial charge in [-0.25, -0.2) is 4.79 Å². The first kappa shape index (κ1) is 18.6. The number of carboxylic acid groups (broad SMARTS) is 1. The van der Waals surface area contributed by atoms with Crippen LogP contribution >= 0.6 is 8.19 Å². The molecule has 0 fully saturated rings. The third kappa shape index (κ3) is 3.84. The SMILES string of the molecule is CC(C)(C)c1cc(Cc2cc[pH]c2C(=O)O)cc(C(C)(C)C)c1O. The molecular weight excluding hydrogens is 319 g/mol. The zero-order chi connectivity index (χ0) is 18.3. The molecule has 1 aromatic carbocycles. The molecule has 0 aliphatic rings. The Morgan fingerprint density at radius 3 is 1.96 bits per heavy atom. The van der Waals surface area contributed by atoms with Crippen molar-refractivity contribution < 1.29 is 15.0 Å². The second-order valence-corrected chi connectivity index (χ2v) is 9.52. The zero-order valence-electron chi connectivity index (χ0n) is 15.3. The fourth-order valence-corrected chi connectivity index (χ4v) is 3.84. The van der Waals surface area contributed by atoms with Gasteiger partial charge in [0.1, 0.15) is 5.75 Å². The topological polar surface area (TPSA) is 57.5 Å². The maximum atomic E-state index is 11.4. The molecule has 1 unspecified atom stereocenters. The van der Waals surface area contributed by atoms with Crippen LogP contribution in [0.3, 0.4) is 0 Å². The molecule has 0 radical (unpaired) electrons. The summed E-state index contributed by atoms with van der Waals surface area (Å²) in [4.78, 5) is 11.4. The van der Waals surface area contributed by atoms with Crippen LogP contribution < -0.4 is 0 Å². The second-order valence-electron chi connectivity index (χ2n) is 8.40. The molecule has 1 atom stereocenters. The van der Waals surface area contributed by atoms with Crippen molar-refractivity contribution in [3.05, 3.63) is 51.5 Å². The highest BCUT2D eigenvalue weighted by atomic mass is 31.0. The molecule has 2 N–H and O–H groups in total. The first-order valence-corrected chi connectivity index (χ1v) is 9.25. The number of aromatic carboxylic acids is 1. The highest BCUT2D eigenvalue weighted by Crippen LogP contribution is 2.40. The lowest BCUT2D eigenvalue weighted by atomic mass is 9.78. The number of benzene rings is 1. The molecule has 3 nitrogen and oxygen atoms in total. The molecule has 0 aliphatic carbocycles. The minimum Gasteiger partial charge on any atom is -0.507 e. The fraction of sp³-hybridized carbons (Fsp3) is 0.450. The molecule has 24 heavy (non-hydrogen) atoms. The molecule has 0 spiro atoms. The van der Waals surface area contributed by atoms with Crippen molar-refractivity contribution in [3.8, 4) is 5.75 Å². The van der Waals surface area contributed by atoms with E-state index in [1.807, 2.05) is 24.0 Å². The van der Waals surface area contributed by atoms with E-state index in [0.717, 1.165) is 22.3 Å². The average molecular weight is 346 g/mol. The third-order valence-corrected chi connectivity index (χ3v) is 5.38. The van der Waals surface area contributed by atoms with Gasteiger partial charge in [0.05, 0.1) is 5.30 Å². The van der Waals surface area contributed by atoms with Crippen LogP contribution in [0.1, 0.15) is 73.9 Å². The average Bonchev–Trinajstić information content (AvgIpc) is 2.86. The quantitative estimate of drug-likeness (QED) is 0.792. The fourth-order valence-electron chi connectivity index (χ4n) is 2.91. The monoisotopic (exact) mass is 346 g/mol. The van der Waals surface area contributed by atoms with Crippen LogP contribution in [-0.4, -0.2) is 16.2 Å². The van der Waals surface area contributed by atoms with Crippen LogP contribution in [0, 0.1) is 0 Å². The Morgan fingerprint density at radius 1 is 1.04 bits per heavy atom. The summed E-state index contributed by atoms with van der Waals surface area (Å²) in [5, 5.41) is 20.6. The number of hydrogen-bond acceptors (Lipinski definition) is 2. The number of phenols is 1. The molecule has 0 amide bonds. The van der Waals surface area contributed by atoms with E-state index in [4.69, 9.17) is 0 Å². The van der Waals surface area contributed by atoms with E-state index < -0.39 is 5.97 Å². The van der Waals surface area contributed by atoms with Gasteiger partial charge in [0.15, 0.2) is 0 Å². The zero-order valence-corrected chi connectivity index (χ0v) is 16.3. The van der Waals surface area contributed by atoms with Gasteiger partial charge in [0.2, 0.25) is 0 Å². The Kier molecular flexibility index (Phi) is 4.88. The van der Waals surface area contributed by atoms with Crippen molar-refractivity contribution in [1.82, 2.24) is 0 Å². The highest BCUT2D eigenvalue weighted by molar-refractivity contribution is 7.31. The number of carbonyl (C=O) groups is 1. The van der Waals surface area contributed by atoms with Crippen molar-refractivity contribution in [2.45, 2.75) is 58.8 Å². The maximum absolute atomic E-state index is 11.4. The largest absolute Gasteiger partial charge is 0.507 e. The van der Waals surface area contributed by atoms with Crippen molar-refractivity contribution in [2.24, 2.45) is 0 Å². The summed E-state index contributed by atoms with van der Waals surface area (Å²) in [6.07, 6.45) is 0.581. The molecule has 2 rings (SSSR count). The molecule has 0 saturated carbocycles. The molecule has 1 aromatic heterocycles. The molecule has 4 heteroatoms. The van der Waals surface area contributed by atoms with Crippen LogP contribution in [0.15, 0.2) is 24.0 Å². The van der Waals surface area contributed by atoms with Crippen LogP contribution in [0.2, 0.25) is 0 Å². The Balaban J connectivity index is 2.58. The number of hydrogen-bond donors (Lipinski definition) is 2.